The molecule has 2 nitrogen and oxygen atoms in total. The van der Waals surface area contributed by atoms with E-state index in [2.05, 4.69) is 18.1 Å². The zero-order valence-electron chi connectivity index (χ0n) is 9.83. The van der Waals surface area contributed by atoms with Crippen LogP contribution in [0.3, 0.4) is 0 Å². The second kappa shape index (κ2) is 4.34. The van der Waals surface area contributed by atoms with E-state index in [1.807, 2.05) is 25.1 Å². The van der Waals surface area contributed by atoms with E-state index in [1.54, 1.807) is 18.2 Å². The van der Waals surface area contributed by atoms with Gasteiger partial charge >= 0.3 is 0 Å². The zero-order valence-corrected chi connectivity index (χ0v) is 9.83. The van der Waals surface area contributed by atoms with Crippen LogP contribution < -0.4 is 0 Å². The molecule has 0 aliphatic heterocycles. The van der Waals surface area contributed by atoms with Crippen LogP contribution in [0.15, 0.2) is 43.5 Å². The predicted octanol–water partition coefficient (Wildman–Crippen LogP) is 4.11. The molecule has 1 aromatic carbocycles. The first-order chi connectivity index (χ1) is 8.17. The third-order valence-corrected chi connectivity index (χ3v) is 2.70. The average molecular weight is 225 g/mol. The smallest absolute Gasteiger partial charge is 0.116 e. The highest BCUT2D eigenvalue weighted by Crippen LogP contribution is 2.31. The minimum Gasteiger partial charge on any atom is -0.508 e. The lowest BCUT2D eigenvalue weighted by atomic mass is 10.0. The van der Waals surface area contributed by atoms with Crippen molar-refractivity contribution in [3.8, 4) is 5.75 Å². The van der Waals surface area contributed by atoms with Crippen LogP contribution in [0, 0.1) is 0 Å². The summed E-state index contributed by atoms with van der Waals surface area (Å²) in [5.74, 6) is 0.252. The van der Waals surface area contributed by atoms with Crippen LogP contribution in [0.5, 0.6) is 5.75 Å². The summed E-state index contributed by atoms with van der Waals surface area (Å²) in [6.45, 7) is 9.78. The third-order valence-electron chi connectivity index (χ3n) is 2.70. The maximum Gasteiger partial charge on any atom is 0.116 e. The molecule has 0 atom stereocenters. The van der Waals surface area contributed by atoms with Crippen molar-refractivity contribution in [2.24, 2.45) is 0 Å². The summed E-state index contributed by atoms with van der Waals surface area (Å²) < 4.78 is 0. The van der Waals surface area contributed by atoms with Crippen molar-refractivity contribution in [1.82, 2.24) is 4.98 Å². The Morgan fingerprint density at radius 3 is 2.82 bits per heavy atom. The van der Waals surface area contributed by atoms with E-state index >= 15 is 0 Å². The van der Waals surface area contributed by atoms with Crippen LogP contribution in [0.2, 0.25) is 0 Å². The molecule has 2 aromatic rings. The second-order valence-corrected chi connectivity index (χ2v) is 3.87. The molecule has 1 heterocycles. The average Bonchev–Trinajstić information content (AvgIpc) is 2.66. The van der Waals surface area contributed by atoms with Crippen molar-refractivity contribution in [2.75, 3.05) is 0 Å². The maximum atomic E-state index is 9.56. The van der Waals surface area contributed by atoms with Crippen molar-refractivity contribution in [3.05, 3.63) is 54.8 Å². The van der Waals surface area contributed by atoms with Gasteiger partial charge in [0.25, 0.3) is 0 Å². The number of aromatic nitrogens is 1. The van der Waals surface area contributed by atoms with Crippen molar-refractivity contribution < 1.29 is 5.11 Å². The minimum atomic E-state index is 0.252. The van der Waals surface area contributed by atoms with Gasteiger partial charge in [-0.3, -0.25) is 0 Å². The molecule has 86 valence electrons. The monoisotopic (exact) mass is 225 g/mol. The summed E-state index contributed by atoms with van der Waals surface area (Å²) >= 11 is 0. The Hall–Kier alpha value is -2.22. The number of benzene rings is 1. The number of phenolic OH excluding ortho intramolecular Hbond substituents is 1. The summed E-state index contributed by atoms with van der Waals surface area (Å²) in [7, 11) is 0. The number of hydrogen-bond donors (Lipinski definition) is 2. The molecule has 2 N–H and O–H groups in total. The molecule has 2 rings (SSSR count). The van der Waals surface area contributed by atoms with E-state index in [0.717, 1.165) is 27.7 Å². The van der Waals surface area contributed by atoms with Crippen molar-refractivity contribution in [2.45, 2.75) is 6.92 Å². The summed E-state index contributed by atoms with van der Waals surface area (Å²) in [5, 5.41) is 10.5. The fraction of sp³-hybridized carbons (Fsp3) is 0.0667. The fourth-order valence-corrected chi connectivity index (χ4v) is 1.98. The molecule has 0 spiro atoms. The molecule has 0 fully saturated rings. The van der Waals surface area contributed by atoms with Crippen molar-refractivity contribution in [1.29, 1.82) is 0 Å². The van der Waals surface area contributed by atoms with E-state index in [4.69, 9.17) is 0 Å². The number of aromatic hydroxyl groups is 1. The summed E-state index contributed by atoms with van der Waals surface area (Å²) in [6.07, 6.45) is 5.65. The van der Waals surface area contributed by atoms with Crippen LogP contribution in [-0.4, -0.2) is 10.1 Å². The molecule has 0 amide bonds. The summed E-state index contributed by atoms with van der Waals surface area (Å²) in [4.78, 5) is 3.26. The topological polar surface area (TPSA) is 36.0 Å². The normalized spacial score (nSPS) is 11.1. The lowest BCUT2D eigenvalue weighted by Crippen LogP contribution is -1.81. The highest BCUT2D eigenvalue weighted by Gasteiger charge is 2.11. The van der Waals surface area contributed by atoms with Gasteiger partial charge in [0.05, 0.1) is 0 Å². The molecule has 1 aromatic heterocycles. The first kappa shape index (κ1) is 11.3. The van der Waals surface area contributed by atoms with Gasteiger partial charge in [0.2, 0.25) is 0 Å². The summed E-state index contributed by atoms with van der Waals surface area (Å²) in [5.41, 5.74) is 3.79. The van der Waals surface area contributed by atoms with Crippen LogP contribution in [-0.2, 0) is 0 Å². The van der Waals surface area contributed by atoms with Gasteiger partial charge < -0.3 is 10.1 Å². The van der Waals surface area contributed by atoms with E-state index < -0.39 is 0 Å². The van der Waals surface area contributed by atoms with Crippen LogP contribution >= 0.6 is 0 Å². The first-order valence-electron chi connectivity index (χ1n) is 5.46. The molecule has 0 bridgehead atoms. The Labute approximate surface area is 101 Å². The molecule has 0 saturated heterocycles. The highest BCUT2D eigenvalue weighted by molar-refractivity contribution is 5.98. The molecule has 0 aliphatic rings. The number of allylic oxidation sites excluding steroid dienone is 3. The Morgan fingerprint density at radius 2 is 2.18 bits per heavy atom. The van der Waals surface area contributed by atoms with Gasteiger partial charge in [0, 0.05) is 22.2 Å². The van der Waals surface area contributed by atoms with Gasteiger partial charge in [-0.15, -0.1) is 0 Å². The number of nitrogens with one attached hydrogen (secondary N) is 1. The van der Waals surface area contributed by atoms with Gasteiger partial charge in [0.1, 0.15) is 5.75 Å². The quantitative estimate of drug-likeness (QED) is 0.758. The number of hydrogen-bond acceptors (Lipinski definition) is 1. The molecule has 2 heteroatoms. The standard InChI is InChI=1S/C15H15NO/c1-4-6-10(3)15-12-9-11(17)7-8-14(12)16-13(15)5-2/h4-9,16-17H,2-3H2,1H3. The molecule has 0 aliphatic carbocycles. The van der Waals surface area contributed by atoms with Crippen molar-refractivity contribution >= 4 is 22.6 Å². The van der Waals surface area contributed by atoms with Crippen LogP contribution in [0.25, 0.3) is 22.6 Å². The fourth-order valence-electron chi connectivity index (χ4n) is 1.98. The largest absolute Gasteiger partial charge is 0.508 e. The molecular formula is C15H15NO. The van der Waals surface area contributed by atoms with Crippen LogP contribution in [0.4, 0.5) is 0 Å². The Kier molecular flexibility index (Phi) is 2.88. The highest BCUT2D eigenvalue weighted by atomic mass is 16.3. The van der Waals surface area contributed by atoms with E-state index in [9.17, 15) is 5.11 Å². The van der Waals surface area contributed by atoms with E-state index in [0.29, 0.717) is 0 Å². The van der Waals surface area contributed by atoms with Gasteiger partial charge in [-0.25, -0.2) is 0 Å². The molecule has 0 radical (unpaired) electrons. The Morgan fingerprint density at radius 1 is 1.41 bits per heavy atom. The third kappa shape index (κ3) is 1.89. The SMILES string of the molecule is C=Cc1[nH]c2ccc(O)cc2c1C(=C)C=CC. The number of phenols is 1. The van der Waals surface area contributed by atoms with E-state index in [-0.39, 0.29) is 5.75 Å². The van der Waals surface area contributed by atoms with Gasteiger partial charge in [-0.1, -0.05) is 25.3 Å². The molecular weight excluding hydrogens is 210 g/mol. The van der Waals surface area contributed by atoms with E-state index in [1.165, 1.54) is 0 Å². The van der Waals surface area contributed by atoms with Crippen LogP contribution in [0.1, 0.15) is 18.2 Å². The minimum absolute atomic E-state index is 0.252. The number of aromatic amines is 1. The Balaban J connectivity index is 2.77. The van der Waals surface area contributed by atoms with Crippen molar-refractivity contribution in [3.63, 3.8) is 0 Å². The Bertz CT molecular complexity index is 617. The zero-order chi connectivity index (χ0) is 12.4. The molecule has 17 heavy (non-hydrogen) atoms. The lowest BCUT2D eigenvalue weighted by molar-refractivity contribution is 0.476. The van der Waals surface area contributed by atoms with Gasteiger partial charge in [-0.2, -0.15) is 0 Å². The second-order valence-electron chi connectivity index (χ2n) is 3.87. The van der Waals surface area contributed by atoms with Gasteiger partial charge in [0.15, 0.2) is 0 Å². The number of fused-ring (bicyclic) bond motifs is 1. The number of H-pyrrole nitrogens is 1. The maximum absolute atomic E-state index is 9.56. The summed E-state index contributed by atoms with van der Waals surface area (Å²) in [6, 6.07) is 5.25. The molecule has 0 unspecified atom stereocenters. The first-order valence-corrected chi connectivity index (χ1v) is 5.46. The lowest BCUT2D eigenvalue weighted by Gasteiger charge is -2.01. The molecule has 0 saturated carbocycles. The number of rotatable bonds is 3. The van der Waals surface area contributed by atoms with Gasteiger partial charge in [-0.05, 0) is 36.8 Å². The predicted molar refractivity (Wildman–Crippen MR) is 73.9 cm³/mol.